The van der Waals surface area contributed by atoms with Crippen LogP contribution in [0.2, 0.25) is 10.0 Å². The van der Waals surface area contributed by atoms with Crippen molar-refractivity contribution in [3.8, 4) is 11.5 Å². The number of hydrogen-bond donors (Lipinski definition) is 1. The van der Waals surface area contributed by atoms with Crippen LogP contribution in [0.25, 0.3) is 11.8 Å². The number of halogens is 2. The van der Waals surface area contributed by atoms with E-state index in [0.29, 0.717) is 19.9 Å². The fourth-order valence-corrected chi connectivity index (χ4v) is 5.19. The third-order valence-electron chi connectivity index (χ3n) is 5.50. The smallest absolute Gasteiger partial charge is 0.271 e. The molecule has 1 aliphatic heterocycles. The zero-order valence-corrected chi connectivity index (χ0v) is 20.2. The Morgan fingerprint density at radius 3 is 2.53 bits per heavy atom. The van der Waals surface area contributed by atoms with E-state index in [1.54, 1.807) is 22.8 Å². The normalized spacial score (nSPS) is 15.4. The van der Waals surface area contributed by atoms with Crippen molar-refractivity contribution >= 4 is 46.3 Å². The first kappa shape index (κ1) is 22.5. The summed E-state index contributed by atoms with van der Waals surface area (Å²) in [5.74, 6) is 0.0925. The highest BCUT2D eigenvalue weighted by molar-refractivity contribution is 7.07. The van der Waals surface area contributed by atoms with E-state index in [1.165, 1.54) is 18.4 Å². The van der Waals surface area contributed by atoms with Gasteiger partial charge in [0.05, 0.1) is 28.4 Å². The van der Waals surface area contributed by atoms with Crippen molar-refractivity contribution in [1.82, 2.24) is 4.57 Å². The van der Waals surface area contributed by atoms with E-state index in [1.807, 2.05) is 60.7 Å². The van der Waals surface area contributed by atoms with Gasteiger partial charge in [0.15, 0.2) is 16.3 Å². The van der Waals surface area contributed by atoms with Gasteiger partial charge in [-0.05, 0) is 53.1 Å². The fraction of sp³-hybridized carbons (Fsp3) is 0.0769. The number of phenols is 1. The third kappa shape index (κ3) is 4.16. The van der Waals surface area contributed by atoms with Gasteiger partial charge < -0.3 is 9.84 Å². The van der Waals surface area contributed by atoms with Gasteiger partial charge in [-0.2, -0.15) is 0 Å². The molecular weight excluding hydrogens is 491 g/mol. The molecule has 170 valence electrons. The van der Waals surface area contributed by atoms with Gasteiger partial charge in [0.1, 0.15) is 0 Å². The van der Waals surface area contributed by atoms with Crippen LogP contribution in [0.1, 0.15) is 22.7 Å². The number of nitrogens with zero attached hydrogens (tertiary/aromatic N) is 2. The lowest BCUT2D eigenvalue weighted by atomic mass is 10.0. The Morgan fingerprint density at radius 2 is 1.82 bits per heavy atom. The zero-order valence-electron chi connectivity index (χ0n) is 17.9. The summed E-state index contributed by atoms with van der Waals surface area (Å²) >= 11 is 13.5. The molecule has 1 aliphatic rings. The molecule has 1 unspecified atom stereocenters. The predicted octanol–water partition coefficient (Wildman–Crippen LogP) is 5.02. The van der Waals surface area contributed by atoms with Crippen LogP contribution >= 0.6 is 34.5 Å². The van der Waals surface area contributed by atoms with Crippen LogP contribution in [0, 0.1) is 0 Å². The SMILES string of the molecule is COc1cc(C=c2sc3n(c2=O)C(c2ccc(Cl)cc2)C=C(c2ccccc2)N=3)cc(Cl)c1O. The van der Waals surface area contributed by atoms with Crippen molar-refractivity contribution in [3.05, 3.63) is 119 Å². The number of rotatable bonds is 4. The van der Waals surface area contributed by atoms with E-state index in [0.717, 1.165) is 16.8 Å². The summed E-state index contributed by atoms with van der Waals surface area (Å²) in [6, 6.07) is 20.2. The molecule has 0 radical (unpaired) electrons. The number of hydrogen-bond acceptors (Lipinski definition) is 5. The predicted molar refractivity (Wildman–Crippen MR) is 137 cm³/mol. The van der Waals surface area contributed by atoms with Crippen LogP contribution in [0.15, 0.2) is 82.6 Å². The van der Waals surface area contributed by atoms with Crippen molar-refractivity contribution in [2.75, 3.05) is 7.11 Å². The summed E-state index contributed by atoms with van der Waals surface area (Å²) in [4.78, 5) is 18.9. The van der Waals surface area contributed by atoms with Gasteiger partial charge >= 0.3 is 0 Å². The van der Waals surface area contributed by atoms with Crippen LogP contribution in [0.5, 0.6) is 11.5 Å². The van der Waals surface area contributed by atoms with Crippen molar-refractivity contribution in [2.24, 2.45) is 4.99 Å². The molecule has 1 atom stereocenters. The summed E-state index contributed by atoms with van der Waals surface area (Å²) in [6.07, 6.45) is 3.71. The number of aromatic nitrogens is 1. The number of fused-ring (bicyclic) bond motifs is 1. The fourth-order valence-electron chi connectivity index (χ4n) is 3.83. The molecule has 0 fully saturated rings. The van der Waals surface area contributed by atoms with Crippen molar-refractivity contribution in [2.45, 2.75) is 6.04 Å². The van der Waals surface area contributed by atoms with Crippen LogP contribution in [0.3, 0.4) is 0 Å². The highest BCUT2D eigenvalue weighted by atomic mass is 35.5. The molecule has 1 aromatic heterocycles. The number of allylic oxidation sites excluding steroid dienone is 1. The molecule has 2 heterocycles. The molecule has 8 heteroatoms. The molecule has 5 nitrogen and oxygen atoms in total. The van der Waals surface area contributed by atoms with E-state index in [9.17, 15) is 9.90 Å². The van der Waals surface area contributed by atoms with Crippen LogP contribution in [-0.4, -0.2) is 16.8 Å². The molecule has 3 aromatic carbocycles. The summed E-state index contributed by atoms with van der Waals surface area (Å²) in [5, 5.41) is 10.8. The molecule has 4 aromatic rings. The first-order valence-corrected chi connectivity index (χ1v) is 11.9. The van der Waals surface area contributed by atoms with E-state index in [2.05, 4.69) is 0 Å². The Labute approximate surface area is 209 Å². The number of aromatic hydroxyl groups is 1. The van der Waals surface area contributed by atoms with Gasteiger partial charge in [-0.15, -0.1) is 0 Å². The minimum Gasteiger partial charge on any atom is -0.503 e. The summed E-state index contributed by atoms with van der Waals surface area (Å²) in [7, 11) is 1.44. The van der Waals surface area contributed by atoms with Gasteiger partial charge in [0.2, 0.25) is 0 Å². The Balaban J connectivity index is 1.72. The molecular formula is C26H18Cl2N2O3S. The first-order valence-electron chi connectivity index (χ1n) is 10.4. The third-order valence-corrected chi connectivity index (χ3v) is 7.02. The quantitative estimate of drug-likeness (QED) is 0.420. The average molecular weight is 509 g/mol. The lowest BCUT2D eigenvalue weighted by Crippen LogP contribution is -2.36. The van der Waals surface area contributed by atoms with Gasteiger partial charge in [-0.25, -0.2) is 4.99 Å². The van der Waals surface area contributed by atoms with Gasteiger partial charge in [0, 0.05) is 5.02 Å². The average Bonchev–Trinajstić information content (AvgIpc) is 3.16. The minimum atomic E-state index is -0.344. The molecule has 0 spiro atoms. The zero-order chi connectivity index (χ0) is 23.8. The molecule has 0 saturated carbocycles. The molecule has 0 saturated heterocycles. The van der Waals surface area contributed by atoms with E-state index in [4.69, 9.17) is 32.9 Å². The maximum absolute atomic E-state index is 13.5. The Kier molecular flexibility index (Phi) is 6.04. The second-order valence-corrected chi connectivity index (χ2v) is 9.50. The number of ether oxygens (including phenoxy) is 1. The summed E-state index contributed by atoms with van der Waals surface area (Å²) in [5.41, 5.74) is 3.15. The topological polar surface area (TPSA) is 63.8 Å². The first-order chi connectivity index (χ1) is 16.4. The second kappa shape index (κ2) is 9.14. The maximum atomic E-state index is 13.5. The van der Waals surface area contributed by atoms with Crippen LogP contribution in [-0.2, 0) is 0 Å². The summed E-state index contributed by atoms with van der Waals surface area (Å²) < 4.78 is 7.37. The standard InChI is InChI=1S/C26H18Cl2N2O3S/c1-33-22-12-15(11-19(28)24(22)31)13-23-25(32)30-21(17-7-9-18(27)10-8-17)14-20(29-26(30)34-23)16-5-3-2-4-6-16/h2-14,21,31H,1H3. The van der Waals surface area contributed by atoms with Crippen LogP contribution in [0.4, 0.5) is 0 Å². The van der Waals surface area contributed by atoms with Crippen molar-refractivity contribution in [1.29, 1.82) is 0 Å². The highest BCUT2D eigenvalue weighted by Crippen LogP contribution is 2.35. The van der Waals surface area contributed by atoms with E-state index < -0.39 is 0 Å². The lowest BCUT2D eigenvalue weighted by molar-refractivity contribution is 0.373. The van der Waals surface area contributed by atoms with E-state index >= 15 is 0 Å². The number of methoxy groups -OCH3 is 1. The number of thiazole rings is 1. The highest BCUT2D eigenvalue weighted by Gasteiger charge is 2.22. The number of phenolic OH excluding ortho intramolecular Hbond substituents is 1. The molecule has 5 rings (SSSR count). The largest absolute Gasteiger partial charge is 0.503 e. The number of benzene rings is 3. The second-order valence-electron chi connectivity index (χ2n) is 7.65. The Bertz CT molecular complexity index is 1590. The molecule has 0 bridgehead atoms. The van der Waals surface area contributed by atoms with Gasteiger partial charge in [0.25, 0.3) is 5.56 Å². The molecule has 1 N–H and O–H groups in total. The van der Waals surface area contributed by atoms with Crippen molar-refractivity contribution in [3.63, 3.8) is 0 Å². The van der Waals surface area contributed by atoms with E-state index in [-0.39, 0.29) is 28.1 Å². The molecule has 0 amide bonds. The Morgan fingerprint density at radius 1 is 1.09 bits per heavy atom. The maximum Gasteiger partial charge on any atom is 0.271 e. The Hall–Kier alpha value is -3.32. The van der Waals surface area contributed by atoms with Gasteiger partial charge in [-0.3, -0.25) is 9.36 Å². The minimum absolute atomic E-state index is 0.141. The summed E-state index contributed by atoms with van der Waals surface area (Å²) in [6.45, 7) is 0. The van der Waals surface area contributed by atoms with Crippen LogP contribution < -0.4 is 19.6 Å². The van der Waals surface area contributed by atoms with Crippen molar-refractivity contribution < 1.29 is 9.84 Å². The van der Waals surface area contributed by atoms with Gasteiger partial charge in [-0.1, -0.05) is 77.0 Å². The molecule has 34 heavy (non-hydrogen) atoms. The molecule has 0 aliphatic carbocycles. The monoisotopic (exact) mass is 508 g/mol. The lowest BCUT2D eigenvalue weighted by Gasteiger charge is -2.19.